The number of carbonyl (C=O) groups excluding carboxylic acids is 1. The summed E-state index contributed by atoms with van der Waals surface area (Å²) >= 11 is 7.13. The van der Waals surface area contributed by atoms with Crippen molar-refractivity contribution >= 4 is 55.1 Å². The SMILES string of the molecule is Cc1ccc(NC(=O)c2ccc(CN3CCN(C)CC3)c(Br)c2)cc1Nc1nccc(-c2cncc(Br)c2)n1. The lowest BCUT2D eigenvalue weighted by Crippen LogP contribution is -2.43. The maximum atomic E-state index is 13.1. The molecule has 0 aliphatic carbocycles. The van der Waals surface area contributed by atoms with Gasteiger partial charge in [-0.2, -0.15) is 0 Å². The van der Waals surface area contributed by atoms with Crippen LogP contribution in [0.3, 0.4) is 0 Å². The van der Waals surface area contributed by atoms with Crippen LogP contribution in [0.25, 0.3) is 11.3 Å². The molecule has 3 heterocycles. The molecule has 1 saturated heterocycles. The number of aryl methyl sites for hydroxylation is 1. The zero-order valence-electron chi connectivity index (χ0n) is 21.8. The molecule has 1 fully saturated rings. The van der Waals surface area contributed by atoms with E-state index in [1.807, 2.05) is 55.5 Å². The standard InChI is InChI=1S/C29H29Br2N7O/c1-19-3-6-24(15-27(19)36-29-33-8-7-26(35-29)22-13-23(30)17-32-16-22)34-28(39)20-4-5-21(25(31)14-20)18-38-11-9-37(2)10-12-38/h3-8,13-17H,9-12,18H2,1-2H3,(H,34,39)(H,33,35,36). The number of benzene rings is 2. The van der Waals surface area contributed by atoms with Crippen LogP contribution in [0.2, 0.25) is 0 Å². The second-order valence-corrected chi connectivity index (χ2v) is 11.4. The monoisotopic (exact) mass is 649 g/mol. The average Bonchev–Trinajstić information content (AvgIpc) is 2.93. The Morgan fingerprint density at radius 2 is 1.82 bits per heavy atom. The van der Waals surface area contributed by atoms with Crippen LogP contribution in [0.15, 0.2) is 76.1 Å². The van der Waals surface area contributed by atoms with Crippen LogP contribution in [-0.2, 0) is 6.54 Å². The first-order chi connectivity index (χ1) is 18.8. The van der Waals surface area contributed by atoms with E-state index >= 15 is 0 Å². The van der Waals surface area contributed by atoms with Crippen LogP contribution in [-0.4, -0.2) is 63.9 Å². The molecule has 0 unspecified atom stereocenters. The molecule has 2 N–H and O–H groups in total. The molecule has 200 valence electrons. The molecule has 1 aliphatic rings. The van der Waals surface area contributed by atoms with Gasteiger partial charge >= 0.3 is 0 Å². The average molecular weight is 651 g/mol. The van der Waals surface area contributed by atoms with Crippen molar-refractivity contribution in [3.05, 3.63) is 92.8 Å². The van der Waals surface area contributed by atoms with Crippen LogP contribution in [0.4, 0.5) is 17.3 Å². The predicted molar refractivity (Wildman–Crippen MR) is 162 cm³/mol. The summed E-state index contributed by atoms with van der Waals surface area (Å²) in [7, 11) is 2.15. The molecule has 0 bridgehead atoms. The van der Waals surface area contributed by atoms with Gasteiger partial charge in [0.1, 0.15) is 0 Å². The summed E-state index contributed by atoms with van der Waals surface area (Å²) in [6.07, 6.45) is 5.20. The third-order valence-electron chi connectivity index (χ3n) is 6.70. The molecule has 2 aromatic heterocycles. The van der Waals surface area contributed by atoms with Crippen LogP contribution < -0.4 is 10.6 Å². The third kappa shape index (κ3) is 7.07. The number of likely N-dealkylation sites (N-methyl/N-ethyl adjacent to an activating group) is 1. The van der Waals surface area contributed by atoms with Crippen molar-refractivity contribution < 1.29 is 4.79 Å². The molecule has 2 aromatic carbocycles. The Morgan fingerprint density at radius 1 is 1.00 bits per heavy atom. The molecule has 0 radical (unpaired) electrons. The van der Waals surface area contributed by atoms with Gasteiger partial charge in [0.05, 0.1) is 5.69 Å². The molecule has 5 rings (SSSR count). The first kappa shape index (κ1) is 27.4. The fraction of sp³-hybridized carbons (Fsp3) is 0.241. The van der Waals surface area contributed by atoms with E-state index in [9.17, 15) is 4.79 Å². The number of piperazine rings is 1. The number of hydrogen-bond donors (Lipinski definition) is 2. The van der Waals surface area contributed by atoms with E-state index in [0.29, 0.717) is 17.2 Å². The maximum Gasteiger partial charge on any atom is 0.255 e. The number of nitrogens with zero attached hydrogens (tertiary/aromatic N) is 5. The van der Waals surface area contributed by atoms with Crippen LogP contribution in [0.5, 0.6) is 0 Å². The van der Waals surface area contributed by atoms with E-state index in [1.165, 1.54) is 5.56 Å². The van der Waals surface area contributed by atoms with Crippen molar-refractivity contribution in [2.45, 2.75) is 13.5 Å². The van der Waals surface area contributed by atoms with Gasteiger partial charge in [0, 0.05) is 82.8 Å². The highest BCUT2D eigenvalue weighted by Crippen LogP contribution is 2.26. The molecule has 0 spiro atoms. The van der Waals surface area contributed by atoms with E-state index in [0.717, 1.165) is 64.2 Å². The Labute approximate surface area is 245 Å². The minimum atomic E-state index is -0.169. The number of anilines is 3. The van der Waals surface area contributed by atoms with Crippen molar-refractivity contribution in [3.63, 3.8) is 0 Å². The fourth-order valence-corrected chi connectivity index (χ4v) is 5.22. The van der Waals surface area contributed by atoms with Crippen molar-refractivity contribution in [1.29, 1.82) is 0 Å². The van der Waals surface area contributed by atoms with Crippen molar-refractivity contribution in [1.82, 2.24) is 24.8 Å². The van der Waals surface area contributed by atoms with Crippen molar-refractivity contribution in [2.24, 2.45) is 0 Å². The lowest BCUT2D eigenvalue weighted by molar-refractivity contribution is 0.102. The van der Waals surface area contributed by atoms with Gasteiger partial charge in [-0.15, -0.1) is 0 Å². The zero-order chi connectivity index (χ0) is 27.4. The largest absolute Gasteiger partial charge is 0.324 e. The van der Waals surface area contributed by atoms with Gasteiger partial charge in [-0.1, -0.05) is 28.1 Å². The number of halogens is 2. The number of aromatic nitrogens is 3. The number of amides is 1. The number of rotatable bonds is 7. The minimum Gasteiger partial charge on any atom is -0.324 e. The second-order valence-electron chi connectivity index (χ2n) is 9.65. The van der Waals surface area contributed by atoms with E-state index in [-0.39, 0.29) is 5.91 Å². The van der Waals surface area contributed by atoms with Gasteiger partial charge < -0.3 is 15.5 Å². The number of pyridine rings is 1. The number of hydrogen-bond acceptors (Lipinski definition) is 7. The Balaban J connectivity index is 1.27. The fourth-order valence-electron chi connectivity index (χ4n) is 4.35. The van der Waals surface area contributed by atoms with E-state index < -0.39 is 0 Å². The Kier molecular flexibility index (Phi) is 8.66. The quantitative estimate of drug-likeness (QED) is 0.249. The molecule has 4 aromatic rings. The van der Waals surface area contributed by atoms with Gasteiger partial charge in [0.2, 0.25) is 5.95 Å². The highest BCUT2D eigenvalue weighted by molar-refractivity contribution is 9.10. The minimum absolute atomic E-state index is 0.169. The Bertz CT molecular complexity index is 1490. The topological polar surface area (TPSA) is 86.3 Å². The van der Waals surface area contributed by atoms with Gasteiger partial charge in [-0.05, 0) is 77.4 Å². The molecule has 0 saturated carbocycles. The van der Waals surface area contributed by atoms with E-state index in [2.05, 4.69) is 74.3 Å². The van der Waals surface area contributed by atoms with Crippen molar-refractivity contribution in [2.75, 3.05) is 43.9 Å². The molecule has 1 aliphatic heterocycles. The highest BCUT2D eigenvalue weighted by atomic mass is 79.9. The summed E-state index contributed by atoms with van der Waals surface area (Å²) in [6.45, 7) is 7.10. The molecule has 10 heteroatoms. The Hall–Kier alpha value is -3.18. The molecule has 8 nitrogen and oxygen atoms in total. The van der Waals surface area contributed by atoms with E-state index in [1.54, 1.807) is 18.6 Å². The first-order valence-electron chi connectivity index (χ1n) is 12.7. The summed E-state index contributed by atoms with van der Waals surface area (Å²) in [4.78, 5) is 31.1. The summed E-state index contributed by atoms with van der Waals surface area (Å²) in [6, 6.07) is 15.3. The maximum absolute atomic E-state index is 13.1. The summed E-state index contributed by atoms with van der Waals surface area (Å²) < 4.78 is 1.82. The molecular formula is C29H29Br2N7O. The lowest BCUT2D eigenvalue weighted by Gasteiger charge is -2.32. The highest BCUT2D eigenvalue weighted by Gasteiger charge is 2.16. The summed E-state index contributed by atoms with van der Waals surface area (Å²) in [5.41, 5.74) is 5.90. The van der Waals surface area contributed by atoms with Crippen LogP contribution in [0.1, 0.15) is 21.5 Å². The number of nitrogens with one attached hydrogen (secondary N) is 2. The lowest BCUT2D eigenvalue weighted by atomic mass is 10.1. The Morgan fingerprint density at radius 3 is 2.59 bits per heavy atom. The van der Waals surface area contributed by atoms with Gasteiger partial charge in [-0.3, -0.25) is 14.7 Å². The second kappa shape index (κ2) is 12.3. The normalized spacial score (nSPS) is 14.3. The zero-order valence-corrected chi connectivity index (χ0v) is 25.0. The molecular weight excluding hydrogens is 622 g/mol. The van der Waals surface area contributed by atoms with Gasteiger partial charge in [0.25, 0.3) is 5.91 Å². The smallest absolute Gasteiger partial charge is 0.255 e. The molecule has 0 atom stereocenters. The van der Waals surface area contributed by atoms with Crippen LogP contribution >= 0.6 is 31.9 Å². The summed E-state index contributed by atoms with van der Waals surface area (Å²) in [5.74, 6) is 0.288. The molecule has 39 heavy (non-hydrogen) atoms. The predicted octanol–water partition coefficient (Wildman–Crippen LogP) is 6.12. The third-order valence-corrected chi connectivity index (χ3v) is 7.88. The summed E-state index contributed by atoms with van der Waals surface area (Å²) in [5, 5.41) is 6.31. The van der Waals surface area contributed by atoms with Gasteiger partial charge in [0.15, 0.2) is 0 Å². The van der Waals surface area contributed by atoms with Crippen LogP contribution in [0, 0.1) is 6.92 Å². The number of carbonyl (C=O) groups is 1. The molecule has 1 amide bonds. The first-order valence-corrected chi connectivity index (χ1v) is 14.2. The van der Waals surface area contributed by atoms with Crippen molar-refractivity contribution in [3.8, 4) is 11.3 Å². The van der Waals surface area contributed by atoms with E-state index in [4.69, 9.17) is 0 Å². The van der Waals surface area contributed by atoms with Gasteiger partial charge in [-0.25, -0.2) is 9.97 Å².